The number of rotatable bonds is 4. The quantitative estimate of drug-likeness (QED) is 0.664. The number of nitrogens with zero attached hydrogens (tertiary/aromatic N) is 3. The Kier molecular flexibility index (Phi) is 3.27. The Bertz CT molecular complexity index is 563. The van der Waals surface area contributed by atoms with Gasteiger partial charge in [-0.2, -0.15) is 0 Å². The zero-order valence-corrected chi connectivity index (χ0v) is 10.3. The topological polar surface area (TPSA) is 73.0 Å². The highest BCUT2D eigenvalue weighted by Gasteiger charge is 2.24. The lowest BCUT2D eigenvalue weighted by atomic mass is 10.3. The van der Waals surface area contributed by atoms with Gasteiger partial charge in [0.1, 0.15) is 5.69 Å². The Morgan fingerprint density at radius 2 is 2.06 bits per heavy atom. The number of para-hydroxylation sites is 1. The second-order valence-corrected chi connectivity index (χ2v) is 3.82. The molecular weight excluding hydrogens is 232 g/mol. The third kappa shape index (κ3) is 2.04. The van der Waals surface area contributed by atoms with E-state index in [2.05, 4.69) is 10.4 Å². The molecule has 1 aromatic heterocycles. The van der Waals surface area contributed by atoms with Crippen LogP contribution in [0.1, 0.15) is 12.6 Å². The van der Waals surface area contributed by atoms with Gasteiger partial charge < -0.3 is 5.32 Å². The fraction of sp³-hybridized carbons (Fsp3) is 0.250. The van der Waals surface area contributed by atoms with Crippen molar-refractivity contribution < 1.29 is 4.92 Å². The van der Waals surface area contributed by atoms with Gasteiger partial charge in [-0.1, -0.05) is 18.2 Å². The second kappa shape index (κ2) is 4.87. The highest BCUT2D eigenvalue weighted by atomic mass is 16.6. The summed E-state index contributed by atoms with van der Waals surface area (Å²) in [5.74, 6) is 0.309. The van der Waals surface area contributed by atoms with Crippen LogP contribution in [-0.4, -0.2) is 21.2 Å². The molecule has 0 aliphatic heterocycles. The third-order valence-corrected chi connectivity index (χ3v) is 2.61. The SMILES string of the molecule is CCNc1nn(-c2ccccc2)c(C)c1[N+](=O)[O-]. The minimum atomic E-state index is -0.403. The summed E-state index contributed by atoms with van der Waals surface area (Å²) in [7, 11) is 0. The summed E-state index contributed by atoms with van der Waals surface area (Å²) in [6.07, 6.45) is 0. The summed E-state index contributed by atoms with van der Waals surface area (Å²) in [5, 5.41) is 18.2. The molecule has 6 nitrogen and oxygen atoms in total. The first-order valence-corrected chi connectivity index (χ1v) is 5.68. The van der Waals surface area contributed by atoms with Crippen LogP contribution in [0.5, 0.6) is 0 Å². The van der Waals surface area contributed by atoms with Crippen LogP contribution in [0.15, 0.2) is 30.3 Å². The molecule has 0 aliphatic rings. The zero-order valence-electron chi connectivity index (χ0n) is 10.3. The van der Waals surface area contributed by atoms with Crippen LogP contribution in [-0.2, 0) is 0 Å². The van der Waals surface area contributed by atoms with Crippen molar-refractivity contribution >= 4 is 11.5 Å². The Morgan fingerprint density at radius 1 is 1.39 bits per heavy atom. The minimum Gasteiger partial charge on any atom is -0.363 e. The number of hydrogen-bond acceptors (Lipinski definition) is 4. The van der Waals surface area contributed by atoms with E-state index in [0.717, 1.165) is 5.69 Å². The van der Waals surface area contributed by atoms with Crippen molar-refractivity contribution in [2.24, 2.45) is 0 Å². The highest BCUT2D eigenvalue weighted by Crippen LogP contribution is 2.29. The van der Waals surface area contributed by atoms with Crippen molar-refractivity contribution in [3.8, 4) is 5.69 Å². The predicted octanol–water partition coefficient (Wildman–Crippen LogP) is 2.52. The van der Waals surface area contributed by atoms with E-state index in [1.807, 2.05) is 37.3 Å². The van der Waals surface area contributed by atoms with Crippen LogP contribution in [0.25, 0.3) is 5.69 Å². The standard InChI is InChI=1S/C12H14N4O2/c1-3-13-12-11(16(17)18)9(2)15(14-12)10-7-5-4-6-8-10/h4-8H,3H2,1-2H3,(H,13,14). The highest BCUT2D eigenvalue weighted by molar-refractivity contribution is 5.60. The monoisotopic (exact) mass is 246 g/mol. The number of aromatic nitrogens is 2. The zero-order chi connectivity index (χ0) is 13.1. The van der Waals surface area contributed by atoms with Gasteiger partial charge in [-0.25, -0.2) is 4.68 Å². The fourth-order valence-electron chi connectivity index (χ4n) is 1.82. The van der Waals surface area contributed by atoms with Crippen molar-refractivity contribution in [2.45, 2.75) is 13.8 Å². The summed E-state index contributed by atoms with van der Waals surface area (Å²) in [6, 6.07) is 9.35. The van der Waals surface area contributed by atoms with Gasteiger partial charge in [-0.3, -0.25) is 10.1 Å². The summed E-state index contributed by atoms with van der Waals surface area (Å²) in [4.78, 5) is 10.7. The molecule has 2 aromatic rings. The van der Waals surface area contributed by atoms with Gasteiger partial charge in [0.05, 0.1) is 10.6 Å². The van der Waals surface area contributed by atoms with Gasteiger partial charge in [0.25, 0.3) is 0 Å². The molecule has 1 heterocycles. The fourth-order valence-corrected chi connectivity index (χ4v) is 1.82. The van der Waals surface area contributed by atoms with E-state index in [1.54, 1.807) is 11.6 Å². The molecule has 6 heteroatoms. The Hall–Kier alpha value is -2.37. The van der Waals surface area contributed by atoms with Crippen molar-refractivity contribution in [3.05, 3.63) is 46.1 Å². The first kappa shape index (κ1) is 12.1. The van der Waals surface area contributed by atoms with Crippen LogP contribution in [0.2, 0.25) is 0 Å². The lowest BCUT2D eigenvalue weighted by Crippen LogP contribution is -2.01. The molecular formula is C12H14N4O2. The first-order valence-electron chi connectivity index (χ1n) is 5.68. The number of hydrogen-bond donors (Lipinski definition) is 1. The maximum Gasteiger partial charge on any atom is 0.334 e. The molecule has 0 amide bonds. The predicted molar refractivity (Wildman–Crippen MR) is 69.1 cm³/mol. The summed E-state index contributed by atoms with van der Waals surface area (Å²) in [5.41, 5.74) is 1.35. The molecule has 2 rings (SSSR count). The number of benzene rings is 1. The van der Waals surface area contributed by atoms with Crippen LogP contribution < -0.4 is 5.32 Å². The molecule has 0 bridgehead atoms. The summed E-state index contributed by atoms with van der Waals surface area (Å²) < 4.78 is 1.58. The van der Waals surface area contributed by atoms with Crippen molar-refractivity contribution in [2.75, 3.05) is 11.9 Å². The molecule has 1 N–H and O–H groups in total. The molecule has 18 heavy (non-hydrogen) atoms. The van der Waals surface area contributed by atoms with Gasteiger partial charge >= 0.3 is 5.69 Å². The normalized spacial score (nSPS) is 10.3. The van der Waals surface area contributed by atoms with E-state index in [1.165, 1.54) is 0 Å². The molecule has 0 atom stereocenters. The maximum absolute atomic E-state index is 11.1. The van der Waals surface area contributed by atoms with Gasteiger partial charge in [0.15, 0.2) is 0 Å². The van der Waals surface area contributed by atoms with E-state index in [-0.39, 0.29) is 5.69 Å². The molecule has 0 radical (unpaired) electrons. The lowest BCUT2D eigenvalue weighted by molar-refractivity contribution is -0.384. The first-order chi connectivity index (χ1) is 8.65. The Labute approximate surface area is 104 Å². The largest absolute Gasteiger partial charge is 0.363 e. The van der Waals surface area contributed by atoms with E-state index in [9.17, 15) is 10.1 Å². The molecule has 0 aliphatic carbocycles. The van der Waals surface area contributed by atoms with Crippen LogP contribution in [0.3, 0.4) is 0 Å². The number of nitrogens with one attached hydrogen (secondary N) is 1. The molecule has 0 saturated heterocycles. The maximum atomic E-state index is 11.1. The van der Waals surface area contributed by atoms with Gasteiger partial charge in [-0.05, 0) is 26.0 Å². The molecule has 1 aromatic carbocycles. The summed E-state index contributed by atoms with van der Waals surface area (Å²) >= 11 is 0. The van der Waals surface area contributed by atoms with E-state index in [4.69, 9.17) is 0 Å². The second-order valence-electron chi connectivity index (χ2n) is 3.82. The molecule has 94 valence electrons. The lowest BCUT2D eigenvalue weighted by Gasteiger charge is -2.01. The average Bonchev–Trinajstić information content (AvgIpc) is 2.68. The van der Waals surface area contributed by atoms with Crippen LogP contribution >= 0.6 is 0 Å². The third-order valence-electron chi connectivity index (χ3n) is 2.61. The van der Waals surface area contributed by atoms with Gasteiger partial charge in [-0.15, -0.1) is 5.10 Å². The van der Waals surface area contributed by atoms with Crippen LogP contribution in [0, 0.1) is 17.0 Å². The van der Waals surface area contributed by atoms with E-state index < -0.39 is 4.92 Å². The van der Waals surface area contributed by atoms with Crippen molar-refractivity contribution in [1.29, 1.82) is 0 Å². The number of nitro groups is 1. The molecule has 0 saturated carbocycles. The summed E-state index contributed by atoms with van der Waals surface area (Å²) in [6.45, 7) is 4.16. The average molecular weight is 246 g/mol. The van der Waals surface area contributed by atoms with E-state index >= 15 is 0 Å². The van der Waals surface area contributed by atoms with Crippen molar-refractivity contribution in [1.82, 2.24) is 9.78 Å². The molecule has 0 fully saturated rings. The molecule has 0 unspecified atom stereocenters. The van der Waals surface area contributed by atoms with Gasteiger partial charge in [0, 0.05) is 6.54 Å². The Balaban J connectivity index is 2.57. The Morgan fingerprint density at radius 3 is 2.61 bits per heavy atom. The van der Waals surface area contributed by atoms with Gasteiger partial charge in [0.2, 0.25) is 5.82 Å². The smallest absolute Gasteiger partial charge is 0.334 e. The number of anilines is 1. The van der Waals surface area contributed by atoms with Crippen LogP contribution in [0.4, 0.5) is 11.5 Å². The van der Waals surface area contributed by atoms with E-state index in [0.29, 0.717) is 18.1 Å². The minimum absolute atomic E-state index is 0.0284. The van der Waals surface area contributed by atoms with Crippen molar-refractivity contribution in [3.63, 3.8) is 0 Å². The molecule has 0 spiro atoms.